The lowest BCUT2D eigenvalue weighted by molar-refractivity contribution is 0.359. The van der Waals surface area contributed by atoms with E-state index in [9.17, 15) is 0 Å². The van der Waals surface area contributed by atoms with E-state index < -0.39 is 0 Å². The van der Waals surface area contributed by atoms with Gasteiger partial charge in [0.15, 0.2) is 0 Å². The molecule has 2 rings (SSSR count). The van der Waals surface area contributed by atoms with Gasteiger partial charge in [0.2, 0.25) is 11.7 Å². The largest absolute Gasteiger partial charge is 0.339 e. The number of nitriles is 1. The van der Waals surface area contributed by atoms with E-state index in [2.05, 4.69) is 32.1 Å². The lowest BCUT2D eigenvalue weighted by Gasteiger charge is -2.00. The third-order valence-corrected chi connectivity index (χ3v) is 3.91. The highest BCUT2D eigenvalue weighted by Gasteiger charge is 2.13. The first-order valence-corrected chi connectivity index (χ1v) is 6.80. The molecule has 0 N–H and O–H groups in total. The number of hydrogen-bond donors (Lipinski definition) is 0. The molecular weight excluding hydrogens is 302 g/mol. The van der Waals surface area contributed by atoms with Gasteiger partial charge in [-0.1, -0.05) is 12.1 Å². The summed E-state index contributed by atoms with van der Waals surface area (Å²) in [4.78, 5) is 5.29. The van der Waals surface area contributed by atoms with Gasteiger partial charge >= 0.3 is 0 Å². The molecule has 0 bridgehead atoms. The van der Waals surface area contributed by atoms with Crippen LogP contribution in [0.15, 0.2) is 20.4 Å². The smallest absolute Gasteiger partial charge is 0.227 e. The van der Waals surface area contributed by atoms with Crippen molar-refractivity contribution in [2.24, 2.45) is 5.92 Å². The molecule has 2 heterocycles. The van der Waals surface area contributed by atoms with Crippen molar-refractivity contribution in [3.05, 3.63) is 21.8 Å². The van der Waals surface area contributed by atoms with Gasteiger partial charge in [0.25, 0.3) is 0 Å². The molecule has 4 nitrogen and oxygen atoms in total. The van der Waals surface area contributed by atoms with Crippen molar-refractivity contribution in [2.75, 3.05) is 0 Å². The van der Waals surface area contributed by atoms with E-state index in [1.165, 1.54) is 0 Å². The fourth-order valence-electron chi connectivity index (χ4n) is 1.39. The standard InChI is InChI=1S/C11H10BrN3OS/c1-7(2-3-13)4-10-14-11(15-16-10)9-5-8(12)6-17-9/h5-7H,2,4H2,1H3. The summed E-state index contributed by atoms with van der Waals surface area (Å²) in [7, 11) is 0. The first-order valence-electron chi connectivity index (χ1n) is 5.13. The quantitative estimate of drug-likeness (QED) is 0.864. The lowest BCUT2D eigenvalue weighted by atomic mass is 10.1. The van der Waals surface area contributed by atoms with E-state index in [1.807, 2.05) is 18.4 Å². The van der Waals surface area contributed by atoms with E-state index in [4.69, 9.17) is 9.78 Å². The van der Waals surface area contributed by atoms with Gasteiger partial charge in [-0.2, -0.15) is 10.2 Å². The Morgan fingerprint density at radius 1 is 1.65 bits per heavy atom. The molecule has 0 saturated carbocycles. The molecule has 1 atom stereocenters. The van der Waals surface area contributed by atoms with Gasteiger partial charge in [0.1, 0.15) is 0 Å². The van der Waals surface area contributed by atoms with Crippen LogP contribution in [-0.4, -0.2) is 10.1 Å². The van der Waals surface area contributed by atoms with E-state index in [0.29, 0.717) is 24.6 Å². The van der Waals surface area contributed by atoms with Crippen molar-refractivity contribution in [2.45, 2.75) is 19.8 Å². The van der Waals surface area contributed by atoms with Gasteiger partial charge in [0.05, 0.1) is 10.9 Å². The van der Waals surface area contributed by atoms with Crippen molar-refractivity contribution in [3.63, 3.8) is 0 Å². The van der Waals surface area contributed by atoms with Crippen molar-refractivity contribution >= 4 is 27.3 Å². The Balaban J connectivity index is 2.09. The van der Waals surface area contributed by atoms with Crippen LogP contribution >= 0.6 is 27.3 Å². The fourth-order valence-corrected chi connectivity index (χ4v) is 2.75. The van der Waals surface area contributed by atoms with Crippen LogP contribution in [0.1, 0.15) is 19.2 Å². The predicted octanol–water partition coefficient (Wildman–Crippen LogP) is 3.65. The van der Waals surface area contributed by atoms with Crippen LogP contribution in [-0.2, 0) is 6.42 Å². The summed E-state index contributed by atoms with van der Waals surface area (Å²) >= 11 is 4.95. The minimum absolute atomic E-state index is 0.239. The summed E-state index contributed by atoms with van der Waals surface area (Å²) in [5, 5.41) is 14.5. The zero-order valence-corrected chi connectivity index (χ0v) is 11.6. The molecule has 1 unspecified atom stereocenters. The number of rotatable bonds is 4. The summed E-state index contributed by atoms with van der Waals surface area (Å²) in [6.45, 7) is 1.99. The van der Waals surface area contributed by atoms with E-state index in [0.717, 1.165) is 9.35 Å². The number of hydrogen-bond acceptors (Lipinski definition) is 5. The Labute approximate surface area is 111 Å². The third-order valence-electron chi connectivity index (χ3n) is 2.22. The van der Waals surface area contributed by atoms with Crippen molar-refractivity contribution in [3.8, 4) is 16.8 Å². The zero-order chi connectivity index (χ0) is 12.3. The molecule has 6 heteroatoms. The summed E-state index contributed by atoms with van der Waals surface area (Å²) in [5.41, 5.74) is 0. The van der Waals surface area contributed by atoms with E-state index >= 15 is 0 Å². The highest BCUT2D eigenvalue weighted by atomic mass is 79.9. The Morgan fingerprint density at radius 2 is 2.47 bits per heavy atom. The Morgan fingerprint density at radius 3 is 3.12 bits per heavy atom. The molecule has 0 aliphatic heterocycles. The summed E-state index contributed by atoms with van der Waals surface area (Å²) in [6.07, 6.45) is 1.15. The lowest BCUT2D eigenvalue weighted by Crippen LogP contribution is -1.98. The number of aromatic nitrogens is 2. The van der Waals surface area contributed by atoms with E-state index in [1.54, 1.807) is 11.3 Å². The first-order chi connectivity index (χ1) is 8.19. The van der Waals surface area contributed by atoms with Gasteiger partial charge in [-0.15, -0.1) is 11.3 Å². The average molecular weight is 312 g/mol. The second kappa shape index (κ2) is 5.43. The highest BCUT2D eigenvalue weighted by Crippen LogP contribution is 2.28. The minimum Gasteiger partial charge on any atom is -0.339 e. The molecule has 0 aromatic carbocycles. The van der Waals surface area contributed by atoms with Crippen molar-refractivity contribution < 1.29 is 4.52 Å². The third kappa shape index (κ3) is 3.14. The molecular formula is C11H10BrN3OS. The Bertz CT molecular complexity index is 543. The molecule has 0 amide bonds. The minimum atomic E-state index is 0.239. The number of halogens is 1. The van der Waals surface area contributed by atoms with Crippen LogP contribution in [0.2, 0.25) is 0 Å². The topological polar surface area (TPSA) is 62.7 Å². The monoisotopic (exact) mass is 311 g/mol. The van der Waals surface area contributed by atoms with Gasteiger partial charge < -0.3 is 4.52 Å². The Hall–Kier alpha value is -1.19. The molecule has 0 saturated heterocycles. The van der Waals surface area contributed by atoms with Gasteiger partial charge in [-0.3, -0.25) is 0 Å². The first kappa shape index (κ1) is 12.3. The second-order valence-corrected chi connectivity index (χ2v) is 5.64. The summed E-state index contributed by atoms with van der Waals surface area (Å²) in [5.74, 6) is 1.44. The van der Waals surface area contributed by atoms with Gasteiger partial charge in [-0.25, -0.2) is 0 Å². The maximum absolute atomic E-state index is 8.58. The Kier molecular flexibility index (Phi) is 3.92. The van der Waals surface area contributed by atoms with Crippen LogP contribution in [0.4, 0.5) is 0 Å². The normalized spacial score (nSPS) is 12.3. The molecule has 0 aliphatic carbocycles. The average Bonchev–Trinajstić information content (AvgIpc) is 2.87. The summed E-state index contributed by atoms with van der Waals surface area (Å²) in [6, 6.07) is 4.09. The van der Waals surface area contributed by atoms with Crippen LogP contribution in [0, 0.1) is 17.2 Å². The molecule has 0 spiro atoms. The molecule has 88 valence electrons. The summed E-state index contributed by atoms with van der Waals surface area (Å²) < 4.78 is 6.18. The zero-order valence-electron chi connectivity index (χ0n) is 9.18. The fraction of sp³-hybridized carbons (Fsp3) is 0.364. The van der Waals surface area contributed by atoms with Gasteiger partial charge in [-0.05, 0) is 27.9 Å². The van der Waals surface area contributed by atoms with E-state index in [-0.39, 0.29) is 5.92 Å². The molecule has 17 heavy (non-hydrogen) atoms. The predicted molar refractivity (Wildman–Crippen MR) is 68.4 cm³/mol. The number of nitrogens with zero attached hydrogens (tertiary/aromatic N) is 3. The highest BCUT2D eigenvalue weighted by molar-refractivity contribution is 9.10. The molecule has 0 fully saturated rings. The molecule has 2 aromatic rings. The molecule has 2 aromatic heterocycles. The maximum atomic E-state index is 8.58. The molecule has 0 aliphatic rings. The number of thiophene rings is 1. The second-order valence-electron chi connectivity index (χ2n) is 3.81. The van der Waals surface area contributed by atoms with Crippen LogP contribution in [0.5, 0.6) is 0 Å². The van der Waals surface area contributed by atoms with Crippen molar-refractivity contribution in [1.82, 2.24) is 10.1 Å². The van der Waals surface area contributed by atoms with Crippen molar-refractivity contribution in [1.29, 1.82) is 5.26 Å². The van der Waals surface area contributed by atoms with Crippen LogP contribution in [0.3, 0.4) is 0 Å². The molecule has 0 radical (unpaired) electrons. The maximum Gasteiger partial charge on any atom is 0.227 e. The van der Waals surface area contributed by atoms with Crippen LogP contribution < -0.4 is 0 Å². The van der Waals surface area contributed by atoms with Crippen LogP contribution in [0.25, 0.3) is 10.7 Å². The SMILES string of the molecule is CC(CC#N)Cc1nc(-c2cc(Br)cs2)no1. The van der Waals surface area contributed by atoms with Gasteiger partial charge in [0, 0.05) is 22.7 Å².